The Balaban J connectivity index is 1.12. The molecule has 0 bridgehead atoms. The molecule has 4 aromatic rings. The first-order valence-electron chi connectivity index (χ1n) is 12.0. The zero-order chi connectivity index (χ0) is 24.9. The maximum Gasteiger partial charge on any atom is 0.253 e. The second kappa shape index (κ2) is 10.8. The number of para-hydroxylation sites is 1. The average Bonchev–Trinajstić information content (AvgIpc) is 2.92. The van der Waals surface area contributed by atoms with Gasteiger partial charge in [-0.2, -0.15) is 0 Å². The van der Waals surface area contributed by atoms with Gasteiger partial charge in [0.05, 0.1) is 11.3 Å². The lowest BCUT2D eigenvalue weighted by Gasteiger charge is -2.36. The van der Waals surface area contributed by atoms with Gasteiger partial charge in [-0.05, 0) is 55.5 Å². The number of amides is 2. The smallest absolute Gasteiger partial charge is 0.253 e. The van der Waals surface area contributed by atoms with Crippen LogP contribution in [0.4, 0.5) is 11.4 Å². The minimum Gasteiger partial charge on any atom is -0.368 e. The topological polar surface area (TPSA) is 65.5 Å². The molecule has 1 aliphatic rings. The Kier molecular flexibility index (Phi) is 7.18. The Morgan fingerprint density at radius 3 is 2.36 bits per heavy atom. The first-order chi connectivity index (χ1) is 17.6. The van der Waals surface area contributed by atoms with Gasteiger partial charge in [-0.1, -0.05) is 35.9 Å². The highest BCUT2D eigenvalue weighted by atomic mass is 32.2. The fourth-order valence-corrected chi connectivity index (χ4v) is 5.18. The number of carbonyl (C=O) groups excluding carboxylic acids is 2. The van der Waals surface area contributed by atoms with Crippen LogP contribution in [0.25, 0.3) is 10.9 Å². The molecule has 1 fully saturated rings. The largest absolute Gasteiger partial charge is 0.368 e. The number of anilines is 2. The van der Waals surface area contributed by atoms with Gasteiger partial charge in [0, 0.05) is 59.6 Å². The van der Waals surface area contributed by atoms with Gasteiger partial charge in [-0.3, -0.25) is 14.6 Å². The van der Waals surface area contributed by atoms with E-state index in [1.165, 1.54) is 11.8 Å². The lowest BCUT2D eigenvalue weighted by atomic mass is 10.1. The van der Waals surface area contributed by atoms with E-state index < -0.39 is 0 Å². The number of piperazine rings is 1. The summed E-state index contributed by atoms with van der Waals surface area (Å²) in [6.45, 7) is 4.95. The molecule has 36 heavy (non-hydrogen) atoms. The maximum atomic E-state index is 12.8. The number of aromatic nitrogens is 1. The number of carbonyl (C=O) groups is 2. The predicted octanol–water partition coefficient (Wildman–Crippen LogP) is 5.24. The van der Waals surface area contributed by atoms with E-state index in [1.807, 2.05) is 90.7 Å². The molecule has 0 unspecified atom stereocenters. The van der Waals surface area contributed by atoms with Crippen LogP contribution >= 0.6 is 11.8 Å². The van der Waals surface area contributed by atoms with E-state index in [2.05, 4.69) is 15.2 Å². The van der Waals surface area contributed by atoms with Crippen molar-refractivity contribution < 1.29 is 9.59 Å². The van der Waals surface area contributed by atoms with Gasteiger partial charge >= 0.3 is 0 Å². The molecule has 0 saturated carbocycles. The molecule has 5 rings (SSSR count). The lowest BCUT2D eigenvalue weighted by molar-refractivity contribution is -0.113. The molecule has 1 saturated heterocycles. The Hall–Kier alpha value is -3.84. The van der Waals surface area contributed by atoms with E-state index in [-0.39, 0.29) is 11.8 Å². The van der Waals surface area contributed by atoms with Crippen LogP contribution in [-0.2, 0) is 4.79 Å². The monoisotopic (exact) mass is 496 g/mol. The zero-order valence-electron chi connectivity index (χ0n) is 20.2. The average molecular weight is 497 g/mol. The number of nitrogens with one attached hydrogen (secondary N) is 1. The van der Waals surface area contributed by atoms with Crippen LogP contribution in [0.5, 0.6) is 0 Å². The van der Waals surface area contributed by atoms with Crippen molar-refractivity contribution in [3.05, 3.63) is 96.2 Å². The van der Waals surface area contributed by atoms with Crippen molar-refractivity contribution in [2.45, 2.75) is 11.8 Å². The summed E-state index contributed by atoms with van der Waals surface area (Å²) in [5.74, 6) is 0.350. The number of pyridine rings is 1. The molecule has 1 N–H and O–H groups in total. The summed E-state index contributed by atoms with van der Waals surface area (Å²) in [7, 11) is 0. The summed E-state index contributed by atoms with van der Waals surface area (Å²) < 4.78 is 0. The van der Waals surface area contributed by atoms with Crippen LogP contribution in [0.1, 0.15) is 15.9 Å². The van der Waals surface area contributed by atoms with Crippen molar-refractivity contribution >= 4 is 45.9 Å². The number of hydrogen-bond acceptors (Lipinski definition) is 5. The number of hydrogen-bond donors (Lipinski definition) is 1. The summed E-state index contributed by atoms with van der Waals surface area (Å²) in [6, 6.07) is 25.6. The van der Waals surface area contributed by atoms with Gasteiger partial charge in [0.1, 0.15) is 0 Å². The third-order valence-corrected chi connectivity index (χ3v) is 7.38. The van der Waals surface area contributed by atoms with E-state index in [4.69, 9.17) is 0 Å². The Morgan fingerprint density at radius 1 is 0.889 bits per heavy atom. The molecule has 6 nitrogen and oxygen atoms in total. The summed E-state index contributed by atoms with van der Waals surface area (Å²) in [4.78, 5) is 35.0. The molecule has 0 aliphatic carbocycles. The first kappa shape index (κ1) is 23.9. The number of aryl methyl sites for hydroxylation is 1. The molecule has 2 amide bonds. The van der Waals surface area contributed by atoms with Crippen LogP contribution < -0.4 is 10.2 Å². The number of rotatable bonds is 6. The molecule has 7 heteroatoms. The molecule has 0 radical (unpaired) electrons. The van der Waals surface area contributed by atoms with Gasteiger partial charge in [-0.25, -0.2) is 0 Å². The van der Waals surface area contributed by atoms with Crippen molar-refractivity contribution in [3.63, 3.8) is 0 Å². The van der Waals surface area contributed by atoms with Crippen molar-refractivity contribution in [3.8, 4) is 0 Å². The van der Waals surface area contributed by atoms with E-state index in [0.29, 0.717) is 18.8 Å². The SMILES string of the molecule is Cc1ccc(C(=O)N2CCN(c3ccc(NC(=O)CSc4cccc5cccnc45)cc3)CC2)cc1. The second-order valence-electron chi connectivity index (χ2n) is 8.86. The summed E-state index contributed by atoms with van der Waals surface area (Å²) in [5, 5.41) is 4.05. The molecule has 2 heterocycles. The molecule has 3 aromatic carbocycles. The van der Waals surface area contributed by atoms with E-state index >= 15 is 0 Å². The Morgan fingerprint density at radius 2 is 1.61 bits per heavy atom. The van der Waals surface area contributed by atoms with E-state index in [9.17, 15) is 9.59 Å². The number of thioether (sulfide) groups is 1. The van der Waals surface area contributed by atoms with E-state index in [1.54, 1.807) is 6.20 Å². The highest BCUT2D eigenvalue weighted by Gasteiger charge is 2.22. The van der Waals surface area contributed by atoms with Crippen molar-refractivity contribution in [2.24, 2.45) is 0 Å². The quantitative estimate of drug-likeness (QED) is 0.370. The highest BCUT2D eigenvalue weighted by molar-refractivity contribution is 8.00. The predicted molar refractivity (Wildman–Crippen MR) is 147 cm³/mol. The number of fused-ring (bicyclic) bond motifs is 1. The summed E-state index contributed by atoms with van der Waals surface area (Å²) >= 11 is 1.49. The molecule has 0 spiro atoms. The molecular formula is C29H28N4O2S. The highest BCUT2D eigenvalue weighted by Crippen LogP contribution is 2.26. The van der Waals surface area contributed by atoms with Crippen molar-refractivity contribution in [1.82, 2.24) is 9.88 Å². The second-order valence-corrected chi connectivity index (χ2v) is 9.88. The summed E-state index contributed by atoms with van der Waals surface area (Å²) in [6.07, 6.45) is 1.77. The Labute approximate surface area is 215 Å². The molecule has 182 valence electrons. The number of benzene rings is 3. The van der Waals surface area contributed by atoms with E-state index in [0.717, 1.165) is 51.4 Å². The van der Waals surface area contributed by atoms with Crippen LogP contribution in [0, 0.1) is 6.92 Å². The molecule has 0 atom stereocenters. The standard InChI is InChI=1S/C29H28N4O2S/c1-21-7-9-23(10-8-21)29(35)33-18-16-32(17-19-33)25-13-11-24(12-14-25)31-27(34)20-36-26-6-2-4-22-5-3-15-30-28(22)26/h2-15H,16-20H2,1H3,(H,31,34). The normalized spacial score (nSPS) is 13.6. The van der Waals surface area contributed by atoms with Gasteiger partial charge in [0.2, 0.25) is 5.91 Å². The third-order valence-electron chi connectivity index (χ3n) is 6.34. The van der Waals surface area contributed by atoms with Gasteiger partial charge in [0.25, 0.3) is 5.91 Å². The first-order valence-corrected chi connectivity index (χ1v) is 13.0. The summed E-state index contributed by atoms with van der Waals surface area (Å²) in [5.41, 5.74) is 4.67. The zero-order valence-corrected chi connectivity index (χ0v) is 21.0. The third kappa shape index (κ3) is 5.52. The fourth-order valence-electron chi connectivity index (χ4n) is 4.34. The van der Waals surface area contributed by atoms with Crippen LogP contribution in [0.2, 0.25) is 0 Å². The van der Waals surface area contributed by atoms with Crippen molar-refractivity contribution in [1.29, 1.82) is 0 Å². The van der Waals surface area contributed by atoms with Crippen molar-refractivity contribution in [2.75, 3.05) is 42.1 Å². The molecular weight excluding hydrogens is 468 g/mol. The Bertz CT molecular complexity index is 1360. The van der Waals surface area contributed by atoms with Gasteiger partial charge in [-0.15, -0.1) is 11.8 Å². The van der Waals surface area contributed by atoms with Crippen LogP contribution in [-0.4, -0.2) is 53.6 Å². The molecule has 1 aromatic heterocycles. The molecule has 1 aliphatic heterocycles. The van der Waals surface area contributed by atoms with Crippen LogP contribution in [0.3, 0.4) is 0 Å². The van der Waals surface area contributed by atoms with Crippen LogP contribution in [0.15, 0.2) is 90.0 Å². The maximum absolute atomic E-state index is 12.8. The van der Waals surface area contributed by atoms with Gasteiger partial charge in [0.15, 0.2) is 0 Å². The lowest BCUT2D eigenvalue weighted by Crippen LogP contribution is -2.48. The number of nitrogens with zero attached hydrogens (tertiary/aromatic N) is 3. The fraction of sp³-hybridized carbons (Fsp3) is 0.207. The van der Waals surface area contributed by atoms with Gasteiger partial charge < -0.3 is 15.1 Å². The minimum atomic E-state index is -0.0519. The minimum absolute atomic E-state index is 0.0519.